The Hall–Kier alpha value is -0.870. The molecule has 3 aliphatic rings. The Morgan fingerprint density at radius 3 is 2.87 bits per heavy atom. The van der Waals surface area contributed by atoms with Gasteiger partial charge in [-0.25, -0.2) is 0 Å². The number of allylic oxidation sites excluding steroid dienone is 1. The SMILES string of the molecule is CCOCC1COCCC12CCN(C(=O)C1=CCCCC1)CC2. The zero-order valence-corrected chi connectivity index (χ0v) is 14.5. The van der Waals surface area contributed by atoms with Crippen LogP contribution < -0.4 is 0 Å². The number of ether oxygens (including phenoxy) is 2. The monoisotopic (exact) mass is 321 g/mol. The van der Waals surface area contributed by atoms with E-state index in [-0.39, 0.29) is 0 Å². The molecule has 1 atom stereocenters. The minimum atomic E-state index is 0.299. The van der Waals surface area contributed by atoms with Crippen molar-refractivity contribution in [3.8, 4) is 0 Å². The van der Waals surface area contributed by atoms with Crippen molar-refractivity contribution >= 4 is 5.91 Å². The quantitative estimate of drug-likeness (QED) is 0.798. The fourth-order valence-corrected chi connectivity index (χ4v) is 4.42. The molecule has 0 saturated carbocycles. The first-order valence-corrected chi connectivity index (χ1v) is 9.39. The van der Waals surface area contributed by atoms with E-state index < -0.39 is 0 Å². The first kappa shape index (κ1) is 17.0. The highest BCUT2D eigenvalue weighted by atomic mass is 16.5. The molecule has 2 saturated heterocycles. The van der Waals surface area contributed by atoms with E-state index in [2.05, 4.69) is 17.9 Å². The van der Waals surface area contributed by atoms with E-state index in [1.54, 1.807) is 0 Å². The van der Waals surface area contributed by atoms with Gasteiger partial charge in [0.25, 0.3) is 0 Å². The number of hydrogen-bond acceptors (Lipinski definition) is 3. The van der Waals surface area contributed by atoms with Crippen molar-refractivity contribution in [1.29, 1.82) is 0 Å². The van der Waals surface area contributed by atoms with Crippen molar-refractivity contribution < 1.29 is 14.3 Å². The molecule has 0 N–H and O–H groups in total. The number of likely N-dealkylation sites (tertiary alicyclic amines) is 1. The molecule has 1 amide bonds. The lowest BCUT2D eigenvalue weighted by Gasteiger charge is -2.49. The maximum atomic E-state index is 12.7. The predicted octanol–water partition coefficient (Wildman–Crippen LogP) is 3.17. The van der Waals surface area contributed by atoms with Crippen LogP contribution >= 0.6 is 0 Å². The van der Waals surface area contributed by atoms with Crippen LogP contribution in [-0.2, 0) is 14.3 Å². The Bertz CT molecular complexity index is 438. The molecule has 2 fully saturated rings. The molecule has 1 unspecified atom stereocenters. The van der Waals surface area contributed by atoms with Crippen molar-refractivity contribution in [2.24, 2.45) is 11.3 Å². The second-order valence-electron chi connectivity index (χ2n) is 7.31. The van der Waals surface area contributed by atoms with Crippen LogP contribution in [-0.4, -0.2) is 50.3 Å². The van der Waals surface area contributed by atoms with Gasteiger partial charge in [-0.05, 0) is 57.3 Å². The molecule has 1 spiro atoms. The molecular weight excluding hydrogens is 290 g/mol. The van der Waals surface area contributed by atoms with Gasteiger partial charge in [0.05, 0.1) is 13.2 Å². The second-order valence-corrected chi connectivity index (χ2v) is 7.31. The molecule has 0 aromatic rings. The van der Waals surface area contributed by atoms with Gasteiger partial charge in [-0.2, -0.15) is 0 Å². The smallest absolute Gasteiger partial charge is 0.249 e. The van der Waals surface area contributed by atoms with E-state index in [9.17, 15) is 4.79 Å². The molecule has 0 aromatic heterocycles. The summed E-state index contributed by atoms with van der Waals surface area (Å²) in [5.41, 5.74) is 1.38. The molecule has 1 aliphatic carbocycles. The first-order valence-electron chi connectivity index (χ1n) is 9.39. The lowest BCUT2D eigenvalue weighted by molar-refractivity contribution is -0.135. The zero-order valence-electron chi connectivity index (χ0n) is 14.5. The van der Waals surface area contributed by atoms with Crippen molar-refractivity contribution in [3.05, 3.63) is 11.6 Å². The summed E-state index contributed by atoms with van der Waals surface area (Å²) in [5.74, 6) is 0.787. The minimum Gasteiger partial charge on any atom is -0.381 e. The summed E-state index contributed by atoms with van der Waals surface area (Å²) in [6, 6.07) is 0. The van der Waals surface area contributed by atoms with E-state index in [0.29, 0.717) is 17.2 Å². The molecule has 2 aliphatic heterocycles. The van der Waals surface area contributed by atoms with Gasteiger partial charge < -0.3 is 14.4 Å². The first-order chi connectivity index (χ1) is 11.2. The fourth-order valence-electron chi connectivity index (χ4n) is 4.42. The molecule has 23 heavy (non-hydrogen) atoms. The standard InChI is InChI=1S/C19H31NO3/c1-2-22-14-17-15-23-13-10-19(17)8-11-20(12-9-19)18(21)16-6-4-3-5-7-16/h6,17H,2-5,7-15H2,1H3. The van der Waals surface area contributed by atoms with Gasteiger partial charge in [0.1, 0.15) is 0 Å². The van der Waals surface area contributed by atoms with Crippen LogP contribution in [0.5, 0.6) is 0 Å². The van der Waals surface area contributed by atoms with Crippen molar-refractivity contribution in [3.63, 3.8) is 0 Å². The third kappa shape index (κ3) is 3.80. The van der Waals surface area contributed by atoms with Crippen LogP contribution in [0.3, 0.4) is 0 Å². The largest absolute Gasteiger partial charge is 0.381 e. The van der Waals surface area contributed by atoms with Gasteiger partial charge in [0, 0.05) is 37.8 Å². The molecule has 4 nitrogen and oxygen atoms in total. The number of nitrogens with zero attached hydrogens (tertiary/aromatic N) is 1. The molecule has 4 heteroatoms. The molecule has 2 heterocycles. The highest BCUT2D eigenvalue weighted by molar-refractivity contribution is 5.93. The fraction of sp³-hybridized carbons (Fsp3) is 0.842. The minimum absolute atomic E-state index is 0.299. The third-order valence-electron chi connectivity index (χ3n) is 6.06. The Morgan fingerprint density at radius 2 is 2.17 bits per heavy atom. The Labute approximate surface area is 140 Å². The number of carbonyl (C=O) groups excluding carboxylic acids is 1. The molecule has 0 bridgehead atoms. The summed E-state index contributed by atoms with van der Waals surface area (Å²) in [6.45, 7) is 7.11. The van der Waals surface area contributed by atoms with Crippen molar-refractivity contribution in [1.82, 2.24) is 4.90 Å². The Balaban J connectivity index is 1.59. The molecule has 3 rings (SSSR count). The third-order valence-corrected chi connectivity index (χ3v) is 6.06. The normalized spacial score (nSPS) is 27.8. The molecule has 130 valence electrons. The van der Waals surface area contributed by atoms with E-state index >= 15 is 0 Å². The predicted molar refractivity (Wildman–Crippen MR) is 90.2 cm³/mol. The van der Waals surface area contributed by atoms with Gasteiger partial charge in [0.15, 0.2) is 0 Å². The van der Waals surface area contributed by atoms with Crippen LogP contribution in [0, 0.1) is 11.3 Å². The van der Waals surface area contributed by atoms with E-state index in [0.717, 1.165) is 77.2 Å². The van der Waals surface area contributed by atoms with Crippen LogP contribution in [0.4, 0.5) is 0 Å². The summed E-state index contributed by atoms with van der Waals surface area (Å²) >= 11 is 0. The number of rotatable bonds is 4. The van der Waals surface area contributed by atoms with Crippen LogP contribution in [0.25, 0.3) is 0 Å². The van der Waals surface area contributed by atoms with Crippen LogP contribution in [0.2, 0.25) is 0 Å². The highest BCUT2D eigenvalue weighted by Crippen LogP contribution is 2.45. The number of hydrogen-bond donors (Lipinski definition) is 0. The van der Waals surface area contributed by atoms with Crippen molar-refractivity contribution in [2.45, 2.75) is 51.9 Å². The summed E-state index contributed by atoms with van der Waals surface area (Å²) in [7, 11) is 0. The number of piperidine rings is 1. The maximum Gasteiger partial charge on any atom is 0.249 e. The average Bonchev–Trinajstić information content (AvgIpc) is 2.62. The number of amides is 1. The van der Waals surface area contributed by atoms with E-state index in [4.69, 9.17) is 9.47 Å². The second kappa shape index (κ2) is 7.80. The van der Waals surface area contributed by atoms with Crippen LogP contribution in [0.15, 0.2) is 11.6 Å². The van der Waals surface area contributed by atoms with Crippen LogP contribution in [0.1, 0.15) is 51.9 Å². The van der Waals surface area contributed by atoms with Gasteiger partial charge in [-0.15, -0.1) is 0 Å². The average molecular weight is 321 g/mol. The molecule has 0 aromatic carbocycles. The van der Waals surface area contributed by atoms with E-state index in [1.165, 1.54) is 12.8 Å². The molecule has 0 radical (unpaired) electrons. The lowest BCUT2D eigenvalue weighted by Crippen LogP contribution is -2.50. The summed E-state index contributed by atoms with van der Waals surface area (Å²) in [6.07, 6.45) is 9.95. The van der Waals surface area contributed by atoms with Crippen molar-refractivity contribution in [2.75, 3.05) is 39.5 Å². The number of carbonyl (C=O) groups is 1. The summed E-state index contributed by atoms with van der Waals surface area (Å²) < 4.78 is 11.4. The molecular formula is C19H31NO3. The Kier molecular flexibility index (Phi) is 5.76. The maximum absolute atomic E-state index is 12.7. The van der Waals surface area contributed by atoms with Gasteiger partial charge in [-0.1, -0.05) is 6.08 Å². The topological polar surface area (TPSA) is 38.8 Å². The zero-order chi connectivity index (χ0) is 16.1. The van der Waals surface area contributed by atoms with E-state index in [1.807, 2.05) is 0 Å². The lowest BCUT2D eigenvalue weighted by atomic mass is 9.66. The van der Waals surface area contributed by atoms with Gasteiger partial charge in [0.2, 0.25) is 5.91 Å². The van der Waals surface area contributed by atoms with Gasteiger partial charge >= 0.3 is 0 Å². The summed E-state index contributed by atoms with van der Waals surface area (Å²) in [5, 5.41) is 0. The highest BCUT2D eigenvalue weighted by Gasteiger charge is 2.44. The summed E-state index contributed by atoms with van der Waals surface area (Å²) in [4.78, 5) is 14.8. The Morgan fingerprint density at radius 1 is 1.35 bits per heavy atom. The van der Waals surface area contributed by atoms with Gasteiger partial charge in [-0.3, -0.25) is 4.79 Å².